The normalized spacial score (nSPS) is 13.8. The molecular weight excluding hydrogens is 261 g/mol. The predicted molar refractivity (Wildman–Crippen MR) is 68.8 cm³/mol. The number of nitrogens with one attached hydrogen (secondary N) is 1. The van der Waals surface area contributed by atoms with Crippen LogP contribution in [0.1, 0.15) is 20.8 Å². The van der Waals surface area contributed by atoms with Gasteiger partial charge < -0.3 is 5.32 Å². The van der Waals surface area contributed by atoms with E-state index in [0.29, 0.717) is 5.69 Å². The van der Waals surface area contributed by atoms with Crippen molar-refractivity contribution in [3.8, 4) is 0 Å². The number of nitrogens with zero attached hydrogens (tertiary/aromatic N) is 2. The van der Waals surface area contributed by atoms with Crippen LogP contribution in [0.3, 0.4) is 0 Å². The molecule has 0 saturated heterocycles. The van der Waals surface area contributed by atoms with E-state index in [4.69, 9.17) is 0 Å². The Labute approximate surface area is 113 Å². The van der Waals surface area contributed by atoms with Crippen molar-refractivity contribution in [2.24, 2.45) is 0 Å². The highest BCUT2D eigenvalue weighted by Gasteiger charge is 2.27. The molecule has 1 aromatic carbocycles. The molecule has 2 aromatic rings. The number of hydrogen-bond donors (Lipinski definition) is 1. The second kappa shape index (κ2) is 4.65. The molecule has 0 bridgehead atoms. The molecule has 0 atom stereocenters. The number of ketones is 2. The Balaban J connectivity index is 1.96. The fourth-order valence-electron chi connectivity index (χ4n) is 1.92. The molecule has 0 aliphatic heterocycles. The SMILES string of the molecule is O=C1C(Nc2cccc(F)c2)=CC(=O)c2ncncc21. The van der Waals surface area contributed by atoms with Gasteiger partial charge in [0, 0.05) is 18.0 Å². The van der Waals surface area contributed by atoms with Crippen molar-refractivity contribution >= 4 is 17.3 Å². The van der Waals surface area contributed by atoms with Crippen molar-refractivity contribution in [2.75, 3.05) is 5.32 Å². The van der Waals surface area contributed by atoms with Gasteiger partial charge in [0.05, 0.1) is 11.3 Å². The van der Waals surface area contributed by atoms with Gasteiger partial charge >= 0.3 is 0 Å². The number of carbonyl (C=O) groups excluding carboxylic acids is 2. The molecular formula is C14H8FN3O2. The van der Waals surface area contributed by atoms with Crippen LogP contribution >= 0.6 is 0 Å². The first kappa shape index (κ1) is 12.2. The minimum atomic E-state index is -0.436. The van der Waals surface area contributed by atoms with Gasteiger partial charge in [0.1, 0.15) is 17.8 Å². The number of rotatable bonds is 2. The number of benzene rings is 1. The van der Waals surface area contributed by atoms with Crippen molar-refractivity contribution in [1.82, 2.24) is 9.97 Å². The largest absolute Gasteiger partial charge is 0.352 e. The van der Waals surface area contributed by atoms with E-state index >= 15 is 0 Å². The molecule has 0 saturated carbocycles. The quantitative estimate of drug-likeness (QED) is 0.902. The highest BCUT2D eigenvalue weighted by molar-refractivity contribution is 6.24. The fourth-order valence-corrected chi connectivity index (χ4v) is 1.92. The molecule has 20 heavy (non-hydrogen) atoms. The molecule has 0 fully saturated rings. The van der Waals surface area contributed by atoms with Crippen LogP contribution in [0.4, 0.5) is 10.1 Å². The van der Waals surface area contributed by atoms with E-state index in [1.54, 1.807) is 6.07 Å². The molecule has 1 aromatic heterocycles. The average molecular weight is 269 g/mol. The zero-order valence-corrected chi connectivity index (χ0v) is 10.1. The van der Waals surface area contributed by atoms with Gasteiger partial charge in [-0.05, 0) is 18.2 Å². The maximum atomic E-state index is 13.1. The van der Waals surface area contributed by atoms with E-state index in [0.717, 1.165) is 6.08 Å². The predicted octanol–water partition coefficient (Wildman–Crippen LogP) is 1.99. The summed E-state index contributed by atoms with van der Waals surface area (Å²) in [5, 5.41) is 2.74. The van der Waals surface area contributed by atoms with Gasteiger partial charge in [-0.15, -0.1) is 0 Å². The number of fused-ring (bicyclic) bond motifs is 1. The Bertz CT molecular complexity index is 756. The van der Waals surface area contributed by atoms with E-state index in [-0.39, 0.29) is 22.7 Å². The van der Waals surface area contributed by atoms with Gasteiger partial charge in [0.2, 0.25) is 11.6 Å². The van der Waals surface area contributed by atoms with Crippen LogP contribution in [0.2, 0.25) is 0 Å². The number of allylic oxidation sites excluding steroid dienone is 2. The number of aromatic nitrogens is 2. The topological polar surface area (TPSA) is 72.0 Å². The maximum Gasteiger partial charge on any atom is 0.213 e. The fraction of sp³-hybridized carbons (Fsp3) is 0. The molecule has 5 nitrogen and oxygen atoms in total. The zero-order chi connectivity index (χ0) is 14.1. The number of Topliss-reactive ketones (excluding diaryl/α,β-unsaturated/α-hetero) is 1. The lowest BCUT2D eigenvalue weighted by atomic mass is 9.98. The zero-order valence-electron chi connectivity index (χ0n) is 10.1. The van der Waals surface area contributed by atoms with Crippen LogP contribution in [-0.2, 0) is 0 Å². The van der Waals surface area contributed by atoms with Crippen molar-refractivity contribution in [3.63, 3.8) is 0 Å². The third-order valence-corrected chi connectivity index (χ3v) is 2.81. The summed E-state index contributed by atoms with van der Waals surface area (Å²) in [6, 6.07) is 5.62. The van der Waals surface area contributed by atoms with Crippen molar-refractivity contribution in [3.05, 3.63) is 65.6 Å². The number of halogens is 1. The third kappa shape index (κ3) is 2.07. The summed E-state index contributed by atoms with van der Waals surface area (Å²) in [7, 11) is 0. The number of hydrogen-bond acceptors (Lipinski definition) is 5. The molecule has 3 rings (SSSR count). The summed E-state index contributed by atoms with van der Waals surface area (Å²) >= 11 is 0. The lowest BCUT2D eigenvalue weighted by Crippen LogP contribution is -2.22. The van der Waals surface area contributed by atoms with Gasteiger partial charge in [-0.25, -0.2) is 14.4 Å². The first-order valence-corrected chi connectivity index (χ1v) is 5.78. The maximum absolute atomic E-state index is 13.1. The number of carbonyl (C=O) groups is 2. The van der Waals surface area contributed by atoms with Crippen molar-refractivity contribution in [1.29, 1.82) is 0 Å². The lowest BCUT2D eigenvalue weighted by molar-refractivity contribution is 0.0981. The monoisotopic (exact) mass is 269 g/mol. The molecule has 1 heterocycles. The Morgan fingerprint density at radius 2 is 2.05 bits per heavy atom. The minimum Gasteiger partial charge on any atom is -0.352 e. The van der Waals surface area contributed by atoms with Crippen LogP contribution in [0, 0.1) is 5.82 Å². The van der Waals surface area contributed by atoms with Crippen LogP contribution in [0.15, 0.2) is 48.6 Å². The van der Waals surface area contributed by atoms with E-state index in [1.165, 1.54) is 30.7 Å². The Morgan fingerprint density at radius 3 is 2.85 bits per heavy atom. The molecule has 0 unspecified atom stereocenters. The molecule has 1 aliphatic rings. The van der Waals surface area contributed by atoms with E-state index in [1.807, 2.05) is 0 Å². The summed E-state index contributed by atoms with van der Waals surface area (Å²) in [5.74, 6) is -1.22. The van der Waals surface area contributed by atoms with E-state index in [9.17, 15) is 14.0 Å². The lowest BCUT2D eigenvalue weighted by Gasteiger charge is -2.15. The van der Waals surface area contributed by atoms with Gasteiger partial charge in [0.15, 0.2) is 0 Å². The molecule has 0 amide bonds. The van der Waals surface area contributed by atoms with Crippen LogP contribution in [0.5, 0.6) is 0 Å². The van der Waals surface area contributed by atoms with Crippen molar-refractivity contribution in [2.45, 2.75) is 0 Å². The average Bonchev–Trinajstić information content (AvgIpc) is 2.45. The first-order valence-electron chi connectivity index (χ1n) is 5.78. The molecule has 1 aliphatic carbocycles. The third-order valence-electron chi connectivity index (χ3n) is 2.81. The second-order valence-corrected chi connectivity index (χ2v) is 4.17. The van der Waals surface area contributed by atoms with Gasteiger partial charge in [-0.1, -0.05) is 6.07 Å². The van der Waals surface area contributed by atoms with Crippen molar-refractivity contribution < 1.29 is 14.0 Å². The van der Waals surface area contributed by atoms with Gasteiger partial charge in [-0.3, -0.25) is 9.59 Å². The molecule has 0 radical (unpaired) electrons. The van der Waals surface area contributed by atoms with Crippen LogP contribution in [-0.4, -0.2) is 21.5 Å². The standard InChI is InChI=1S/C14H8FN3O2/c15-8-2-1-3-9(4-8)18-11-5-12(19)13-10(14(11)20)6-16-7-17-13/h1-7,18H. The highest BCUT2D eigenvalue weighted by Crippen LogP contribution is 2.20. The summed E-state index contributed by atoms with van der Waals surface area (Å²) < 4.78 is 13.1. The Hall–Kier alpha value is -2.89. The summed E-state index contributed by atoms with van der Waals surface area (Å²) in [6.45, 7) is 0. The second-order valence-electron chi connectivity index (χ2n) is 4.17. The van der Waals surface area contributed by atoms with Gasteiger partial charge in [0.25, 0.3) is 0 Å². The molecule has 0 spiro atoms. The van der Waals surface area contributed by atoms with E-state index < -0.39 is 11.6 Å². The highest BCUT2D eigenvalue weighted by atomic mass is 19.1. The minimum absolute atomic E-state index is 0.0721. The summed E-state index contributed by atoms with van der Waals surface area (Å²) in [5.41, 5.74) is 0.675. The van der Waals surface area contributed by atoms with E-state index in [2.05, 4.69) is 15.3 Å². The van der Waals surface area contributed by atoms with Gasteiger partial charge in [-0.2, -0.15) is 0 Å². The van der Waals surface area contributed by atoms with Crippen LogP contribution < -0.4 is 5.32 Å². The molecule has 1 N–H and O–H groups in total. The Kier molecular flexibility index (Phi) is 2.83. The number of anilines is 1. The van der Waals surface area contributed by atoms with Crippen LogP contribution in [0.25, 0.3) is 0 Å². The smallest absolute Gasteiger partial charge is 0.213 e. The Morgan fingerprint density at radius 1 is 1.20 bits per heavy atom. The summed E-state index contributed by atoms with van der Waals surface area (Å²) in [4.78, 5) is 31.6. The first-order chi connectivity index (χ1) is 9.65. The summed E-state index contributed by atoms with van der Waals surface area (Å²) in [6.07, 6.45) is 3.66. The molecule has 6 heteroatoms. The molecule has 98 valence electrons.